The van der Waals surface area contributed by atoms with Crippen LogP contribution in [0.15, 0.2) is 0 Å². The Hall–Kier alpha value is -0.650. The topological polar surface area (TPSA) is 64.8 Å². The van der Waals surface area contributed by atoms with E-state index in [1.165, 1.54) is 0 Å². The number of carbonyl (C=O) groups excluding carboxylic acids is 1. The first-order valence-electron chi connectivity index (χ1n) is 6.67. The van der Waals surface area contributed by atoms with Crippen LogP contribution in [0.3, 0.4) is 0 Å². The Kier molecular flexibility index (Phi) is 6.05. The number of hydrogen-bond acceptors (Lipinski definition) is 5. The molecule has 0 aromatic carbocycles. The number of rotatable bonds is 7. The van der Waals surface area contributed by atoms with Crippen molar-refractivity contribution in [3.63, 3.8) is 0 Å². The van der Waals surface area contributed by atoms with Crippen LogP contribution >= 0.6 is 0 Å². The van der Waals surface area contributed by atoms with Gasteiger partial charge in [-0.2, -0.15) is 0 Å². The molecular weight excluding hydrogens is 232 g/mol. The minimum Gasteiger partial charge on any atom is -0.465 e. The van der Waals surface area contributed by atoms with E-state index in [4.69, 9.17) is 15.2 Å². The third-order valence-electron chi connectivity index (χ3n) is 3.46. The van der Waals surface area contributed by atoms with E-state index in [0.717, 1.165) is 32.7 Å². The standard InChI is InChI=1S/C13H26N2O3/c1-4-18-12(16)13(2,14)6-8-15-7-5-11(9-15)10-17-3/h11H,4-10,14H2,1-3H3. The van der Waals surface area contributed by atoms with Gasteiger partial charge in [-0.3, -0.25) is 4.79 Å². The second-order valence-electron chi connectivity index (χ2n) is 5.30. The quantitative estimate of drug-likeness (QED) is 0.678. The molecule has 106 valence electrons. The Balaban J connectivity index is 2.30. The molecule has 5 nitrogen and oxygen atoms in total. The highest BCUT2D eigenvalue weighted by Gasteiger charge is 2.31. The molecule has 2 atom stereocenters. The lowest BCUT2D eigenvalue weighted by molar-refractivity contribution is -0.149. The van der Waals surface area contributed by atoms with E-state index >= 15 is 0 Å². The van der Waals surface area contributed by atoms with E-state index in [9.17, 15) is 4.79 Å². The summed E-state index contributed by atoms with van der Waals surface area (Å²) in [7, 11) is 1.74. The summed E-state index contributed by atoms with van der Waals surface area (Å²) in [6.07, 6.45) is 1.79. The number of ether oxygens (including phenoxy) is 2. The van der Waals surface area contributed by atoms with Crippen molar-refractivity contribution in [2.75, 3.05) is 40.0 Å². The lowest BCUT2D eigenvalue weighted by Crippen LogP contribution is -2.48. The van der Waals surface area contributed by atoms with Crippen LogP contribution in [0, 0.1) is 5.92 Å². The monoisotopic (exact) mass is 258 g/mol. The Morgan fingerprint density at radius 1 is 1.56 bits per heavy atom. The van der Waals surface area contributed by atoms with Gasteiger partial charge in [-0.05, 0) is 39.2 Å². The van der Waals surface area contributed by atoms with Gasteiger partial charge < -0.3 is 20.1 Å². The largest absolute Gasteiger partial charge is 0.465 e. The average molecular weight is 258 g/mol. The highest BCUT2D eigenvalue weighted by atomic mass is 16.5. The van der Waals surface area contributed by atoms with Crippen LogP contribution in [0.25, 0.3) is 0 Å². The molecule has 1 saturated heterocycles. The fourth-order valence-electron chi connectivity index (χ4n) is 2.28. The molecule has 1 aliphatic rings. The van der Waals surface area contributed by atoms with E-state index in [-0.39, 0.29) is 5.97 Å². The van der Waals surface area contributed by atoms with Gasteiger partial charge in [-0.1, -0.05) is 0 Å². The summed E-state index contributed by atoms with van der Waals surface area (Å²) in [5, 5.41) is 0. The molecule has 1 heterocycles. The highest BCUT2D eigenvalue weighted by molar-refractivity contribution is 5.79. The maximum Gasteiger partial charge on any atom is 0.325 e. The van der Waals surface area contributed by atoms with Gasteiger partial charge in [0.2, 0.25) is 0 Å². The molecule has 0 amide bonds. The summed E-state index contributed by atoms with van der Waals surface area (Å²) in [5.41, 5.74) is 5.11. The molecule has 0 bridgehead atoms. The zero-order chi connectivity index (χ0) is 13.6. The van der Waals surface area contributed by atoms with Gasteiger partial charge >= 0.3 is 5.97 Å². The van der Waals surface area contributed by atoms with E-state index in [1.807, 2.05) is 0 Å². The van der Waals surface area contributed by atoms with Crippen LogP contribution in [0.1, 0.15) is 26.7 Å². The first kappa shape index (κ1) is 15.4. The lowest BCUT2D eigenvalue weighted by Gasteiger charge is -2.25. The number of carbonyl (C=O) groups is 1. The second-order valence-corrected chi connectivity index (χ2v) is 5.30. The molecule has 0 radical (unpaired) electrons. The third-order valence-corrected chi connectivity index (χ3v) is 3.46. The normalized spacial score (nSPS) is 23.9. The number of nitrogens with zero attached hydrogens (tertiary/aromatic N) is 1. The molecule has 18 heavy (non-hydrogen) atoms. The summed E-state index contributed by atoms with van der Waals surface area (Å²) >= 11 is 0. The van der Waals surface area contributed by atoms with Crippen molar-refractivity contribution in [1.82, 2.24) is 4.90 Å². The van der Waals surface area contributed by atoms with Gasteiger partial charge in [0, 0.05) is 20.2 Å². The number of nitrogens with two attached hydrogens (primary N) is 1. The molecule has 0 spiro atoms. The van der Waals surface area contributed by atoms with Gasteiger partial charge in [0.1, 0.15) is 5.54 Å². The van der Waals surface area contributed by atoms with Crippen molar-refractivity contribution < 1.29 is 14.3 Å². The Morgan fingerprint density at radius 3 is 2.89 bits per heavy atom. The first-order valence-corrected chi connectivity index (χ1v) is 6.67. The molecule has 2 unspecified atom stereocenters. The van der Waals surface area contributed by atoms with Crippen LogP contribution in [0.5, 0.6) is 0 Å². The van der Waals surface area contributed by atoms with Gasteiger partial charge in [0.25, 0.3) is 0 Å². The SMILES string of the molecule is CCOC(=O)C(C)(N)CCN1CCC(COC)C1. The molecule has 1 fully saturated rings. The molecule has 0 aromatic heterocycles. The van der Waals surface area contributed by atoms with E-state index < -0.39 is 5.54 Å². The lowest BCUT2D eigenvalue weighted by atomic mass is 9.99. The van der Waals surface area contributed by atoms with Crippen LogP contribution in [-0.2, 0) is 14.3 Å². The van der Waals surface area contributed by atoms with Crippen molar-refractivity contribution in [3.05, 3.63) is 0 Å². The zero-order valence-corrected chi connectivity index (χ0v) is 11.8. The average Bonchev–Trinajstić information content (AvgIpc) is 2.75. The summed E-state index contributed by atoms with van der Waals surface area (Å²) in [6, 6.07) is 0. The van der Waals surface area contributed by atoms with Crippen molar-refractivity contribution in [3.8, 4) is 0 Å². The molecule has 0 saturated carbocycles. The van der Waals surface area contributed by atoms with Crippen LogP contribution in [0.4, 0.5) is 0 Å². The van der Waals surface area contributed by atoms with E-state index in [0.29, 0.717) is 18.9 Å². The number of esters is 1. The Labute approximate surface area is 110 Å². The molecule has 0 aliphatic carbocycles. The summed E-state index contributed by atoms with van der Waals surface area (Å²) in [4.78, 5) is 14.0. The second kappa shape index (κ2) is 7.07. The Morgan fingerprint density at radius 2 is 2.28 bits per heavy atom. The molecule has 1 rings (SSSR count). The summed E-state index contributed by atoms with van der Waals surface area (Å²) in [6.45, 7) is 7.67. The summed E-state index contributed by atoms with van der Waals surface area (Å²) < 4.78 is 10.1. The minimum atomic E-state index is -0.880. The smallest absolute Gasteiger partial charge is 0.325 e. The highest BCUT2D eigenvalue weighted by Crippen LogP contribution is 2.18. The molecular formula is C13H26N2O3. The van der Waals surface area contributed by atoms with Crippen LogP contribution in [-0.4, -0.2) is 56.4 Å². The fourth-order valence-corrected chi connectivity index (χ4v) is 2.28. The van der Waals surface area contributed by atoms with Crippen molar-refractivity contribution in [2.45, 2.75) is 32.2 Å². The van der Waals surface area contributed by atoms with Gasteiger partial charge in [0.05, 0.1) is 13.2 Å². The molecule has 0 aromatic rings. The molecule has 5 heteroatoms. The molecule has 1 aliphatic heterocycles. The minimum absolute atomic E-state index is 0.308. The van der Waals surface area contributed by atoms with Gasteiger partial charge in [-0.25, -0.2) is 0 Å². The van der Waals surface area contributed by atoms with E-state index in [1.54, 1.807) is 21.0 Å². The number of hydrogen-bond donors (Lipinski definition) is 1. The Bertz CT molecular complexity index is 269. The van der Waals surface area contributed by atoms with Crippen LogP contribution in [0.2, 0.25) is 0 Å². The zero-order valence-electron chi connectivity index (χ0n) is 11.8. The predicted molar refractivity (Wildman–Crippen MR) is 70.3 cm³/mol. The molecule has 2 N–H and O–H groups in total. The summed E-state index contributed by atoms with van der Waals surface area (Å²) in [5.74, 6) is 0.305. The third kappa shape index (κ3) is 4.55. The van der Waals surface area contributed by atoms with Crippen LogP contribution < -0.4 is 5.73 Å². The van der Waals surface area contributed by atoms with Crippen molar-refractivity contribution in [1.29, 1.82) is 0 Å². The van der Waals surface area contributed by atoms with Gasteiger partial charge in [-0.15, -0.1) is 0 Å². The van der Waals surface area contributed by atoms with Gasteiger partial charge in [0.15, 0.2) is 0 Å². The van der Waals surface area contributed by atoms with Crippen molar-refractivity contribution in [2.24, 2.45) is 11.7 Å². The van der Waals surface area contributed by atoms with Crippen molar-refractivity contribution >= 4 is 5.97 Å². The maximum absolute atomic E-state index is 11.7. The maximum atomic E-state index is 11.7. The predicted octanol–water partition coefficient (Wildman–Crippen LogP) is 0.625. The number of likely N-dealkylation sites (tertiary alicyclic amines) is 1. The fraction of sp³-hybridized carbons (Fsp3) is 0.923. The van der Waals surface area contributed by atoms with E-state index in [2.05, 4.69) is 4.90 Å². The first-order chi connectivity index (χ1) is 8.49. The number of methoxy groups -OCH3 is 1.